The third-order valence-electron chi connectivity index (χ3n) is 5.26. The molecule has 3 nitrogen and oxygen atoms in total. The maximum Gasteiger partial charge on any atom is 0.0717 e. The molecule has 118 valence electrons. The number of benzene rings is 1. The van der Waals surface area contributed by atoms with Gasteiger partial charge in [-0.25, -0.2) is 0 Å². The minimum atomic E-state index is 0.425. The molecule has 1 N–H and O–H groups in total. The second kappa shape index (κ2) is 5.72. The molecule has 1 aromatic rings. The summed E-state index contributed by atoms with van der Waals surface area (Å²) in [7, 11) is 0. The van der Waals surface area contributed by atoms with E-state index in [-0.39, 0.29) is 0 Å². The average Bonchev–Trinajstić information content (AvgIpc) is 2.93. The van der Waals surface area contributed by atoms with E-state index in [1.807, 2.05) is 19.1 Å². The molecule has 0 radical (unpaired) electrons. The number of rotatable bonds is 4. The van der Waals surface area contributed by atoms with Crippen molar-refractivity contribution >= 4 is 23.2 Å². The van der Waals surface area contributed by atoms with Gasteiger partial charge in [0, 0.05) is 24.5 Å². The van der Waals surface area contributed by atoms with Gasteiger partial charge in [-0.05, 0) is 49.5 Å². The van der Waals surface area contributed by atoms with Gasteiger partial charge in [-0.1, -0.05) is 29.3 Å². The Bertz CT molecular complexity index is 631. The van der Waals surface area contributed by atoms with Crippen molar-refractivity contribution in [1.29, 1.82) is 0 Å². The fourth-order valence-electron chi connectivity index (χ4n) is 4.37. The van der Waals surface area contributed by atoms with Crippen LogP contribution >= 0.6 is 23.2 Å². The molecule has 2 fully saturated rings. The Balaban J connectivity index is 1.73. The van der Waals surface area contributed by atoms with E-state index < -0.39 is 0 Å². The minimum Gasteiger partial charge on any atom is -0.288 e. The van der Waals surface area contributed by atoms with E-state index in [0.29, 0.717) is 34.7 Å². The minimum absolute atomic E-state index is 0.425. The Kier molecular flexibility index (Phi) is 3.85. The van der Waals surface area contributed by atoms with Crippen LogP contribution in [0.3, 0.4) is 0 Å². The first kappa shape index (κ1) is 14.8. The summed E-state index contributed by atoms with van der Waals surface area (Å²) in [5.74, 6) is 0.425. The van der Waals surface area contributed by atoms with E-state index in [1.165, 1.54) is 36.1 Å². The third-order valence-corrected chi connectivity index (χ3v) is 6.00. The molecule has 4 atom stereocenters. The fourth-order valence-corrected chi connectivity index (χ4v) is 4.68. The average molecular weight is 339 g/mol. The van der Waals surface area contributed by atoms with Crippen LogP contribution in [0.25, 0.3) is 0 Å². The van der Waals surface area contributed by atoms with Crippen LogP contribution in [0.4, 0.5) is 0 Å². The molecule has 3 aliphatic heterocycles. The number of hydrogen-bond acceptors (Lipinski definition) is 3. The van der Waals surface area contributed by atoms with Crippen molar-refractivity contribution in [3.8, 4) is 0 Å². The highest BCUT2D eigenvalue weighted by Crippen LogP contribution is 2.51. The maximum atomic E-state index is 6.24. The second-order valence-electron chi connectivity index (χ2n) is 6.35. The summed E-state index contributed by atoms with van der Waals surface area (Å²) < 4.78 is 0. The number of hydroxylamine groups is 1. The molecule has 4 rings (SSSR count). The van der Waals surface area contributed by atoms with Crippen LogP contribution in [0, 0.1) is 0 Å². The summed E-state index contributed by atoms with van der Waals surface area (Å²) in [6, 6.07) is 7.32. The highest BCUT2D eigenvalue weighted by Gasteiger charge is 2.49. The lowest BCUT2D eigenvalue weighted by Crippen LogP contribution is -2.39. The first-order chi connectivity index (χ1) is 10.7. The Hall–Kier alpha value is -0.740. The first-order valence-corrected chi connectivity index (χ1v) is 8.76. The van der Waals surface area contributed by atoms with E-state index in [1.54, 1.807) is 0 Å². The van der Waals surface area contributed by atoms with Crippen LogP contribution in [0.2, 0.25) is 10.0 Å². The summed E-state index contributed by atoms with van der Waals surface area (Å²) in [6.45, 7) is 3.66. The lowest BCUT2D eigenvalue weighted by molar-refractivity contribution is 0.0697. The first-order valence-electron chi connectivity index (χ1n) is 8.00. The zero-order valence-electron chi connectivity index (χ0n) is 12.6. The van der Waals surface area contributed by atoms with Crippen molar-refractivity contribution in [2.45, 2.75) is 44.2 Å². The van der Waals surface area contributed by atoms with Crippen molar-refractivity contribution in [2.24, 2.45) is 0 Å². The highest BCUT2D eigenvalue weighted by atomic mass is 35.5. The molecular formula is C17H20Cl2N2O. The number of piperidine rings is 1. The quantitative estimate of drug-likeness (QED) is 0.835. The van der Waals surface area contributed by atoms with Gasteiger partial charge in [0.2, 0.25) is 0 Å². The monoisotopic (exact) mass is 338 g/mol. The van der Waals surface area contributed by atoms with Gasteiger partial charge in [0.25, 0.3) is 0 Å². The van der Waals surface area contributed by atoms with Crippen molar-refractivity contribution in [3.05, 3.63) is 45.1 Å². The van der Waals surface area contributed by atoms with Crippen LogP contribution in [0.1, 0.15) is 37.7 Å². The summed E-state index contributed by atoms with van der Waals surface area (Å²) in [5.41, 5.74) is 7.22. The van der Waals surface area contributed by atoms with Gasteiger partial charge in [-0.15, -0.1) is 0 Å². The molecule has 3 aliphatic rings. The van der Waals surface area contributed by atoms with Crippen molar-refractivity contribution in [2.75, 3.05) is 13.2 Å². The summed E-state index contributed by atoms with van der Waals surface area (Å²) in [4.78, 5) is 8.11. The Morgan fingerprint density at radius 3 is 2.91 bits per heavy atom. The van der Waals surface area contributed by atoms with E-state index in [0.717, 1.165) is 6.54 Å². The topological polar surface area (TPSA) is 24.5 Å². The molecule has 1 unspecified atom stereocenters. The van der Waals surface area contributed by atoms with Crippen molar-refractivity contribution in [1.82, 2.24) is 10.4 Å². The fraction of sp³-hybridized carbons (Fsp3) is 0.529. The number of nitrogens with one attached hydrogen (secondary N) is 1. The molecule has 0 aliphatic carbocycles. The molecular weight excluding hydrogens is 319 g/mol. The van der Waals surface area contributed by atoms with E-state index in [9.17, 15) is 0 Å². The van der Waals surface area contributed by atoms with Crippen LogP contribution in [0.15, 0.2) is 29.5 Å². The standard InChI is InChI=1S/C17H20Cl2N2O/c1-2-22-20-15-9-21-11-4-6-16(21)17(15)12(8-11)10-3-5-13(18)14(19)7-10/h3,5,7,11-12,16,20H,2,4,6,8-9H2,1H3/t11-,12+,16+/m0/s1. The highest BCUT2D eigenvalue weighted by molar-refractivity contribution is 6.42. The zero-order chi connectivity index (χ0) is 15.3. The van der Waals surface area contributed by atoms with Crippen LogP contribution in [-0.2, 0) is 4.84 Å². The Morgan fingerprint density at radius 1 is 1.27 bits per heavy atom. The molecule has 0 saturated carbocycles. The molecule has 5 heteroatoms. The summed E-state index contributed by atoms with van der Waals surface area (Å²) in [5, 5.41) is 1.27. The second-order valence-corrected chi connectivity index (χ2v) is 7.16. The van der Waals surface area contributed by atoms with Gasteiger partial charge < -0.3 is 0 Å². The van der Waals surface area contributed by atoms with Crippen LogP contribution in [-0.4, -0.2) is 30.1 Å². The molecule has 3 heterocycles. The smallest absolute Gasteiger partial charge is 0.0717 e. The van der Waals surface area contributed by atoms with Crippen molar-refractivity contribution in [3.63, 3.8) is 0 Å². The zero-order valence-corrected chi connectivity index (χ0v) is 14.1. The van der Waals surface area contributed by atoms with E-state index in [4.69, 9.17) is 28.0 Å². The van der Waals surface area contributed by atoms with Crippen LogP contribution < -0.4 is 5.48 Å². The number of nitrogens with zero attached hydrogens (tertiary/aromatic N) is 1. The van der Waals surface area contributed by atoms with Gasteiger partial charge in [0.15, 0.2) is 0 Å². The van der Waals surface area contributed by atoms with Gasteiger partial charge in [-0.2, -0.15) is 0 Å². The number of hydrogen-bond donors (Lipinski definition) is 1. The molecule has 2 saturated heterocycles. The van der Waals surface area contributed by atoms with Gasteiger partial charge in [0.1, 0.15) is 0 Å². The van der Waals surface area contributed by atoms with Gasteiger partial charge in [-0.3, -0.25) is 15.2 Å². The lowest BCUT2D eigenvalue weighted by Gasteiger charge is -2.35. The van der Waals surface area contributed by atoms with Crippen LogP contribution in [0.5, 0.6) is 0 Å². The van der Waals surface area contributed by atoms with Gasteiger partial charge in [0.05, 0.1) is 22.3 Å². The molecule has 4 bridgehead atoms. The molecule has 0 amide bonds. The Labute approximate surface area is 141 Å². The van der Waals surface area contributed by atoms with E-state index in [2.05, 4.69) is 16.4 Å². The predicted octanol–water partition coefficient (Wildman–Crippen LogP) is 4.12. The van der Waals surface area contributed by atoms with Crippen molar-refractivity contribution < 1.29 is 4.84 Å². The molecule has 0 aromatic heterocycles. The maximum absolute atomic E-state index is 6.24. The number of halogens is 2. The molecule has 1 aromatic carbocycles. The van der Waals surface area contributed by atoms with Gasteiger partial charge >= 0.3 is 0 Å². The summed E-state index contributed by atoms with van der Waals surface area (Å²) >= 11 is 12.3. The lowest BCUT2D eigenvalue weighted by atomic mass is 9.82. The predicted molar refractivity (Wildman–Crippen MR) is 89.1 cm³/mol. The van der Waals surface area contributed by atoms with E-state index >= 15 is 0 Å². The molecule has 22 heavy (non-hydrogen) atoms. The SMILES string of the molecule is CCONC1=C2[C@H]3CC[C@@H](C[C@@H]2c2ccc(Cl)c(Cl)c2)N3C1. The summed E-state index contributed by atoms with van der Waals surface area (Å²) in [6.07, 6.45) is 3.73. The largest absolute Gasteiger partial charge is 0.288 e. The normalized spacial score (nSPS) is 32.7. The third kappa shape index (κ3) is 2.26. The molecule has 0 spiro atoms. The Morgan fingerprint density at radius 2 is 2.14 bits per heavy atom.